The molecule has 2 rings (SSSR count). The van der Waals surface area contributed by atoms with Crippen LogP contribution in [-0.2, 0) is 21.5 Å². The van der Waals surface area contributed by atoms with E-state index in [-0.39, 0.29) is 18.6 Å². The molecule has 0 saturated carbocycles. The minimum Gasteiger partial charge on any atom is -0.496 e. The van der Waals surface area contributed by atoms with E-state index >= 15 is 0 Å². The Hall–Kier alpha value is -2.60. The fourth-order valence-electron chi connectivity index (χ4n) is 2.41. The normalized spacial score (nSPS) is 11.0. The van der Waals surface area contributed by atoms with Crippen molar-refractivity contribution in [2.24, 2.45) is 0 Å². The smallest absolute Gasteiger partial charge is 0.348 e. The van der Waals surface area contributed by atoms with Crippen LogP contribution in [-0.4, -0.2) is 25.7 Å². The topological polar surface area (TPSA) is 61.8 Å². The second-order valence-corrected chi connectivity index (χ2v) is 8.06. The van der Waals surface area contributed by atoms with E-state index in [2.05, 4.69) is 27.4 Å². The first kappa shape index (κ1) is 20.7. The van der Waals surface area contributed by atoms with Gasteiger partial charge in [0.05, 0.1) is 12.7 Å². The second-order valence-electron chi connectivity index (χ2n) is 6.89. The summed E-state index contributed by atoms with van der Waals surface area (Å²) in [5.74, 6) is -0.102. The number of ether oxygens (including phenoxy) is 3. The lowest BCUT2D eigenvalue weighted by atomic mass is 9.85. The first-order valence-electron chi connectivity index (χ1n) is 8.48. The van der Waals surface area contributed by atoms with Crippen molar-refractivity contribution in [1.29, 1.82) is 0 Å². The predicted molar refractivity (Wildman–Crippen MR) is 106 cm³/mol. The highest BCUT2D eigenvalue weighted by Crippen LogP contribution is 2.32. The van der Waals surface area contributed by atoms with E-state index < -0.39 is 11.9 Å². The molecule has 0 spiro atoms. The molecule has 0 aliphatic rings. The average Bonchev–Trinajstić information content (AvgIpc) is 3.12. The minimum absolute atomic E-state index is 0.0924. The maximum Gasteiger partial charge on any atom is 0.348 e. The molecule has 0 unspecified atom stereocenters. The molecule has 2 aromatic rings. The number of hydrogen-bond donors (Lipinski definition) is 0. The van der Waals surface area contributed by atoms with Crippen molar-refractivity contribution in [3.63, 3.8) is 0 Å². The molecule has 0 aliphatic carbocycles. The monoisotopic (exact) mass is 388 g/mol. The first-order valence-corrected chi connectivity index (χ1v) is 9.30. The number of esters is 2. The number of carbonyl (C=O) groups is 2. The molecule has 0 fully saturated rings. The van der Waals surface area contributed by atoms with Gasteiger partial charge in [0.25, 0.3) is 0 Å². The van der Waals surface area contributed by atoms with Crippen molar-refractivity contribution >= 4 is 23.3 Å². The number of methoxy groups -OCH3 is 1. The van der Waals surface area contributed by atoms with Crippen molar-refractivity contribution < 1.29 is 23.8 Å². The van der Waals surface area contributed by atoms with Crippen LogP contribution in [0.25, 0.3) is 0 Å². The van der Waals surface area contributed by atoms with Gasteiger partial charge in [0, 0.05) is 10.4 Å². The number of rotatable bonds is 7. The summed E-state index contributed by atoms with van der Waals surface area (Å²) in [5, 5.41) is 0. The van der Waals surface area contributed by atoms with Crippen LogP contribution in [0.4, 0.5) is 0 Å². The standard InChI is InChI=1S/C21H24O5S/c1-6-11-25-20(23)18-10-8-15(27-18)13-26-19(22)14-7-9-17(24-5)16(12-14)21(2,3)4/h6-10,12H,1,11,13H2,2-5H3. The van der Waals surface area contributed by atoms with Gasteiger partial charge in [-0.2, -0.15) is 0 Å². The Bertz CT molecular complexity index is 829. The van der Waals surface area contributed by atoms with Gasteiger partial charge in [0.15, 0.2) is 0 Å². The van der Waals surface area contributed by atoms with Crippen LogP contribution >= 0.6 is 11.3 Å². The van der Waals surface area contributed by atoms with E-state index in [1.54, 1.807) is 37.4 Å². The van der Waals surface area contributed by atoms with Crippen molar-refractivity contribution in [2.75, 3.05) is 13.7 Å². The molecule has 1 aromatic carbocycles. The van der Waals surface area contributed by atoms with Gasteiger partial charge in [-0.05, 0) is 35.7 Å². The summed E-state index contributed by atoms with van der Waals surface area (Å²) in [5.41, 5.74) is 1.22. The molecule has 27 heavy (non-hydrogen) atoms. The lowest BCUT2D eigenvalue weighted by Crippen LogP contribution is -2.15. The molecule has 0 radical (unpaired) electrons. The van der Waals surface area contributed by atoms with Crippen molar-refractivity contribution in [2.45, 2.75) is 32.8 Å². The van der Waals surface area contributed by atoms with Crippen LogP contribution < -0.4 is 4.74 Å². The third-order valence-electron chi connectivity index (χ3n) is 3.78. The molecule has 0 atom stereocenters. The van der Waals surface area contributed by atoms with Crippen LogP contribution in [0, 0.1) is 0 Å². The molecule has 144 valence electrons. The van der Waals surface area contributed by atoms with Gasteiger partial charge >= 0.3 is 11.9 Å². The highest BCUT2D eigenvalue weighted by Gasteiger charge is 2.21. The van der Waals surface area contributed by atoms with E-state index in [0.717, 1.165) is 16.2 Å². The molecule has 0 amide bonds. The quantitative estimate of drug-likeness (QED) is 0.506. The van der Waals surface area contributed by atoms with Crippen molar-refractivity contribution in [3.8, 4) is 5.75 Å². The van der Waals surface area contributed by atoms with Gasteiger partial charge in [-0.3, -0.25) is 0 Å². The molecule has 0 saturated heterocycles. The van der Waals surface area contributed by atoms with Gasteiger partial charge < -0.3 is 14.2 Å². The van der Waals surface area contributed by atoms with Crippen LogP contribution in [0.1, 0.15) is 51.2 Å². The maximum atomic E-state index is 12.4. The third kappa shape index (κ3) is 5.44. The lowest BCUT2D eigenvalue weighted by molar-refractivity contribution is 0.0476. The lowest BCUT2D eigenvalue weighted by Gasteiger charge is -2.22. The summed E-state index contributed by atoms with van der Waals surface area (Å²) in [6.45, 7) is 9.92. The maximum absolute atomic E-state index is 12.4. The van der Waals surface area contributed by atoms with Crippen LogP contribution in [0.15, 0.2) is 43.0 Å². The SMILES string of the molecule is C=CCOC(=O)c1ccc(COC(=O)c2ccc(OC)c(C(C)(C)C)c2)s1. The Kier molecular flexibility index (Phi) is 6.80. The highest BCUT2D eigenvalue weighted by molar-refractivity contribution is 7.13. The zero-order valence-electron chi connectivity index (χ0n) is 16.0. The van der Waals surface area contributed by atoms with E-state index in [9.17, 15) is 9.59 Å². The molecule has 6 heteroatoms. The van der Waals surface area contributed by atoms with Gasteiger partial charge in [0.2, 0.25) is 0 Å². The Morgan fingerprint density at radius 3 is 2.48 bits per heavy atom. The predicted octanol–water partition coefficient (Wildman–Crippen LogP) is 4.75. The first-order chi connectivity index (χ1) is 12.8. The van der Waals surface area contributed by atoms with Crippen LogP contribution in [0.5, 0.6) is 5.75 Å². The molecule has 0 N–H and O–H groups in total. The largest absolute Gasteiger partial charge is 0.496 e. The molecule has 0 aliphatic heterocycles. The second kappa shape index (κ2) is 8.86. The fraction of sp³-hybridized carbons (Fsp3) is 0.333. The van der Waals surface area contributed by atoms with Gasteiger partial charge in [-0.25, -0.2) is 9.59 Å². The summed E-state index contributed by atoms with van der Waals surface area (Å²) in [6.07, 6.45) is 1.51. The molecular weight excluding hydrogens is 364 g/mol. The van der Waals surface area contributed by atoms with E-state index in [0.29, 0.717) is 10.4 Å². The number of carbonyl (C=O) groups excluding carboxylic acids is 2. The Morgan fingerprint density at radius 1 is 1.11 bits per heavy atom. The Labute approximate surface area is 163 Å². The molecule has 1 aromatic heterocycles. The molecule has 1 heterocycles. The molecule has 0 bridgehead atoms. The average molecular weight is 388 g/mol. The van der Waals surface area contributed by atoms with E-state index in [1.807, 2.05) is 0 Å². The van der Waals surface area contributed by atoms with Crippen LogP contribution in [0.3, 0.4) is 0 Å². The van der Waals surface area contributed by atoms with E-state index in [1.165, 1.54) is 17.4 Å². The molecular formula is C21H24O5S. The van der Waals surface area contributed by atoms with Crippen LogP contribution in [0.2, 0.25) is 0 Å². The zero-order chi connectivity index (χ0) is 20.0. The summed E-state index contributed by atoms with van der Waals surface area (Å²) < 4.78 is 15.8. The summed E-state index contributed by atoms with van der Waals surface area (Å²) in [4.78, 5) is 25.4. The summed E-state index contributed by atoms with van der Waals surface area (Å²) in [6, 6.07) is 8.66. The molecule has 5 nitrogen and oxygen atoms in total. The third-order valence-corrected chi connectivity index (χ3v) is 4.82. The zero-order valence-corrected chi connectivity index (χ0v) is 16.9. The fourth-order valence-corrected chi connectivity index (χ4v) is 3.23. The highest BCUT2D eigenvalue weighted by atomic mass is 32.1. The van der Waals surface area contributed by atoms with Crippen molar-refractivity contribution in [3.05, 3.63) is 63.9 Å². The number of benzene rings is 1. The Morgan fingerprint density at radius 2 is 1.85 bits per heavy atom. The number of hydrogen-bond acceptors (Lipinski definition) is 6. The summed E-state index contributed by atoms with van der Waals surface area (Å²) >= 11 is 1.24. The minimum atomic E-state index is -0.424. The van der Waals surface area contributed by atoms with E-state index in [4.69, 9.17) is 14.2 Å². The van der Waals surface area contributed by atoms with Gasteiger partial charge in [-0.15, -0.1) is 11.3 Å². The Balaban J connectivity index is 2.05. The van der Waals surface area contributed by atoms with Crippen molar-refractivity contribution in [1.82, 2.24) is 0 Å². The van der Waals surface area contributed by atoms with Gasteiger partial charge in [-0.1, -0.05) is 33.4 Å². The summed E-state index contributed by atoms with van der Waals surface area (Å²) in [7, 11) is 1.61. The number of thiophene rings is 1. The van der Waals surface area contributed by atoms with Gasteiger partial charge in [0.1, 0.15) is 23.8 Å².